The molecule has 1 rings (SSSR count). The van der Waals surface area contributed by atoms with E-state index in [0.29, 0.717) is 6.21 Å². The van der Waals surface area contributed by atoms with Crippen LogP contribution in [0.2, 0.25) is 0 Å². The number of rotatable bonds is 0. The van der Waals surface area contributed by atoms with Crippen molar-refractivity contribution >= 4 is 6.21 Å². The number of hydrogen-bond acceptors (Lipinski definition) is 2. The lowest BCUT2D eigenvalue weighted by Crippen LogP contribution is -2.29. The summed E-state index contributed by atoms with van der Waals surface area (Å²) in [5, 5.41) is 2.69. The summed E-state index contributed by atoms with van der Waals surface area (Å²) in [6.45, 7) is 0. The van der Waals surface area contributed by atoms with Gasteiger partial charge in [0, 0.05) is 0 Å². The minimum Gasteiger partial charge on any atom is -0.358 e. The Hall–Kier alpha value is -0.810. The second-order valence-electron chi connectivity index (χ2n) is 1.78. The van der Waals surface area contributed by atoms with Crippen molar-refractivity contribution in [2.24, 2.45) is 11.1 Å². The highest BCUT2D eigenvalue weighted by Crippen LogP contribution is 2.32. The van der Waals surface area contributed by atoms with Gasteiger partial charge in [-0.2, -0.15) is 17.6 Å². The number of alkyl halides is 4. The van der Waals surface area contributed by atoms with Gasteiger partial charge in [0.15, 0.2) is 5.92 Å². The lowest BCUT2D eigenvalue weighted by Gasteiger charge is -2.11. The van der Waals surface area contributed by atoms with E-state index in [1.165, 1.54) is 0 Å². The normalized spacial score (nSPS) is 32.4. The molecule has 6 heteroatoms. The smallest absolute Gasteiger partial charge is 0.358 e. The molecule has 0 saturated heterocycles. The highest BCUT2D eigenvalue weighted by Gasteiger charge is 2.48. The minimum absolute atomic E-state index is 0.407. The van der Waals surface area contributed by atoms with Crippen molar-refractivity contribution in [3.8, 4) is 0 Å². The Bertz CT molecular complexity index is 154. The number of oxime groups is 1. The Kier molecular flexibility index (Phi) is 1.53. The van der Waals surface area contributed by atoms with E-state index in [1.54, 1.807) is 0 Å². The van der Waals surface area contributed by atoms with Crippen LogP contribution in [0.1, 0.15) is 0 Å². The zero-order valence-electron chi connectivity index (χ0n) is 4.60. The molecule has 0 fully saturated rings. The fraction of sp³-hybridized carbons (Fsp3) is 0.750. The van der Waals surface area contributed by atoms with E-state index in [0.717, 1.165) is 0 Å². The monoisotopic (exact) mass is 157 g/mol. The van der Waals surface area contributed by atoms with Crippen molar-refractivity contribution in [1.29, 1.82) is 0 Å². The van der Waals surface area contributed by atoms with Crippen LogP contribution in [-0.4, -0.2) is 18.7 Å². The van der Waals surface area contributed by atoms with Crippen LogP contribution < -0.4 is 0 Å². The minimum atomic E-state index is -4.60. The van der Waals surface area contributed by atoms with Crippen LogP contribution in [0.4, 0.5) is 17.6 Å². The molecule has 0 spiro atoms. The van der Waals surface area contributed by atoms with Gasteiger partial charge in [0.25, 0.3) is 6.36 Å². The van der Waals surface area contributed by atoms with Gasteiger partial charge >= 0.3 is 6.18 Å². The van der Waals surface area contributed by atoms with Crippen LogP contribution in [0.5, 0.6) is 0 Å². The van der Waals surface area contributed by atoms with E-state index in [4.69, 9.17) is 0 Å². The molecule has 1 aliphatic heterocycles. The van der Waals surface area contributed by atoms with Crippen LogP contribution in [0, 0.1) is 5.92 Å². The lowest BCUT2D eigenvalue weighted by molar-refractivity contribution is -0.196. The van der Waals surface area contributed by atoms with E-state index in [-0.39, 0.29) is 0 Å². The SMILES string of the molecule is FC1ON=CC1C(F)(F)F. The van der Waals surface area contributed by atoms with Crippen molar-refractivity contribution in [1.82, 2.24) is 0 Å². The van der Waals surface area contributed by atoms with Crippen molar-refractivity contribution in [3.05, 3.63) is 0 Å². The summed E-state index contributed by atoms with van der Waals surface area (Å²) in [7, 11) is 0. The Morgan fingerprint density at radius 1 is 1.40 bits per heavy atom. The predicted octanol–water partition coefficient (Wildman–Crippen LogP) is 1.48. The Morgan fingerprint density at radius 3 is 2.20 bits per heavy atom. The topological polar surface area (TPSA) is 21.6 Å². The van der Waals surface area contributed by atoms with E-state index in [1.807, 2.05) is 0 Å². The lowest BCUT2D eigenvalue weighted by atomic mass is 10.2. The maximum Gasteiger partial charge on any atom is 0.403 e. The van der Waals surface area contributed by atoms with Crippen LogP contribution >= 0.6 is 0 Å². The Labute approximate surface area is 53.5 Å². The Morgan fingerprint density at radius 2 is 2.00 bits per heavy atom. The number of hydrogen-bond donors (Lipinski definition) is 0. The van der Waals surface area contributed by atoms with Crippen molar-refractivity contribution in [3.63, 3.8) is 0 Å². The van der Waals surface area contributed by atoms with Gasteiger partial charge in [0.05, 0.1) is 6.21 Å². The van der Waals surface area contributed by atoms with Gasteiger partial charge < -0.3 is 4.84 Å². The molecule has 58 valence electrons. The summed E-state index contributed by atoms with van der Waals surface area (Å²) in [5.41, 5.74) is 0. The number of halogens is 4. The van der Waals surface area contributed by atoms with Gasteiger partial charge in [-0.1, -0.05) is 5.16 Å². The molecule has 0 aromatic carbocycles. The van der Waals surface area contributed by atoms with Crippen LogP contribution in [0.25, 0.3) is 0 Å². The molecule has 0 N–H and O–H groups in total. The highest BCUT2D eigenvalue weighted by atomic mass is 19.4. The molecule has 1 aliphatic rings. The molecule has 2 nitrogen and oxygen atoms in total. The van der Waals surface area contributed by atoms with Crippen LogP contribution in [-0.2, 0) is 4.84 Å². The van der Waals surface area contributed by atoms with E-state index in [2.05, 4.69) is 9.99 Å². The maximum absolute atomic E-state index is 12.0. The molecule has 0 radical (unpaired) electrons. The summed E-state index contributed by atoms with van der Waals surface area (Å²) < 4.78 is 46.8. The second kappa shape index (κ2) is 2.10. The van der Waals surface area contributed by atoms with Gasteiger partial charge in [-0.05, 0) is 0 Å². The van der Waals surface area contributed by atoms with E-state index >= 15 is 0 Å². The van der Waals surface area contributed by atoms with E-state index < -0.39 is 18.5 Å². The molecule has 0 aromatic heterocycles. The first kappa shape index (κ1) is 7.30. The summed E-state index contributed by atoms with van der Waals surface area (Å²) in [5.74, 6) is -2.20. The molecular weight excluding hydrogens is 154 g/mol. The third-order valence-corrected chi connectivity index (χ3v) is 1.04. The standard InChI is InChI=1S/C4H3F4NO/c5-3-2(1-9-10-3)4(6,7)8/h1-3H. The maximum atomic E-state index is 12.0. The Balaban J connectivity index is 2.64. The van der Waals surface area contributed by atoms with Gasteiger partial charge in [0.2, 0.25) is 0 Å². The molecule has 0 aliphatic carbocycles. The summed E-state index contributed by atoms with van der Waals surface area (Å²) in [6.07, 6.45) is -6.57. The van der Waals surface area contributed by atoms with Gasteiger partial charge in [-0.3, -0.25) is 0 Å². The van der Waals surface area contributed by atoms with E-state index in [9.17, 15) is 17.6 Å². The fourth-order valence-corrected chi connectivity index (χ4v) is 0.525. The molecule has 10 heavy (non-hydrogen) atoms. The molecular formula is C4H3F4NO. The van der Waals surface area contributed by atoms with Gasteiger partial charge in [0.1, 0.15) is 0 Å². The molecule has 1 heterocycles. The molecule has 2 atom stereocenters. The van der Waals surface area contributed by atoms with Crippen LogP contribution in [0.3, 0.4) is 0 Å². The zero-order chi connectivity index (χ0) is 7.78. The fourth-order valence-electron chi connectivity index (χ4n) is 0.525. The van der Waals surface area contributed by atoms with Gasteiger partial charge in [-0.15, -0.1) is 0 Å². The summed E-state index contributed by atoms with van der Waals surface area (Å²) in [4.78, 5) is 3.67. The first-order valence-electron chi connectivity index (χ1n) is 2.42. The van der Waals surface area contributed by atoms with Crippen molar-refractivity contribution < 1.29 is 22.4 Å². The quantitative estimate of drug-likeness (QED) is 0.488. The van der Waals surface area contributed by atoms with Crippen molar-refractivity contribution in [2.45, 2.75) is 12.5 Å². The first-order chi connectivity index (χ1) is 4.52. The number of nitrogens with zero attached hydrogens (tertiary/aromatic N) is 1. The average molecular weight is 157 g/mol. The largest absolute Gasteiger partial charge is 0.403 e. The second-order valence-corrected chi connectivity index (χ2v) is 1.78. The van der Waals surface area contributed by atoms with Crippen LogP contribution in [0.15, 0.2) is 5.16 Å². The highest BCUT2D eigenvalue weighted by molar-refractivity contribution is 5.63. The summed E-state index contributed by atoms with van der Waals surface area (Å²) >= 11 is 0. The van der Waals surface area contributed by atoms with Gasteiger partial charge in [-0.25, -0.2) is 0 Å². The first-order valence-corrected chi connectivity index (χ1v) is 2.42. The molecule has 0 saturated carbocycles. The van der Waals surface area contributed by atoms with Crippen molar-refractivity contribution in [2.75, 3.05) is 0 Å². The average Bonchev–Trinajstić information content (AvgIpc) is 2.11. The molecule has 0 bridgehead atoms. The summed E-state index contributed by atoms with van der Waals surface area (Å²) in [6, 6.07) is 0. The third-order valence-electron chi connectivity index (χ3n) is 1.04. The zero-order valence-corrected chi connectivity index (χ0v) is 4.60. The predicted molar refractivity (Wildman–Crippen MR) is 24.0 cm³/mol. The molecule has 0 aromatic rings. The molecule has 2 unspecified atom stereocenters. The molecule has 0 amide bonds. The third kappa shape index (κ3) is 1.19.